The number of nitrogens with one attached hydrogen (secondary N) is 1. The van der Waals surface area contributed by atoms with Crippen molar-refractivity contribution in [2.75, 3.05) is 13.2 Å². The third kappa shape index (κ3) is 5.86. The highest BCUT2D eigenvalue weighted by molar-refractivity contribution is 5.94. The van der Waals surface area contributed by atoms with E-state index in [2.05, 4.69) is 15.5 Å². The summed E-state index contributed by atoms with van der Waals surface area (Å²) in [5, 5.41) is 14.6. The average Bonchev–Trinajstić information content (AvgIpc) is 2.78. The van der Waals surface area contributed by atoms with Gasteiger partial charge >= 0.3 is 0 Å². The fraction of sp³-hybridized carbons (Fsp3) is 0.0952. The molecule has 1 amide bonds. The van der Waals surface area contributed by atoms with Gasteiger partial charge < -0.3 is 9.47 Å². The van der Waals surface area contributed by atoms with E-state index in [1.54, 1.807) is 24.3 Å². The first kappa shape index (κ1) is 20.5. The summed E-state index contributed by atoms with van der Waals surface area (Å²) in [4.78, 5) is 26.0. The summed E-state index contributed by atoms with van der Waals surface area (Å²) < 4.78 is 11.2. The minimum atomic E-state index is -0.467. The number of hydrazone groups is 1. The molecule has 0 radical (unpaired) electrons. The molecule has 0 aliphatic heterocycles. The summed E-state index contributed by atoms with van der Waals surface area (Å²) in [5.41, 5.74) is 3.59. The van der Waals surface area contributed by atoms with Crippen molar-refractivity contribution in [2.45, 2.75) is 0 Å². The van der Waals surface area contributed by atoms with Crippen LogP contribution < -0.4 is 14.9 Å². The summed E-state index contributed by atoms with van der Waals surface area (Å²) in [5.74, 6) is 0.744. The predicted molar refractivity (Wildman–Crippen MR) is 110 cm³/mol. The van der Waals surface area contributed by atoms with Gasteiger partial charge in [-0.05, 0) is 36.4 Å². The number of rotatable bonds is 9. The summed E-state index contributed by atoms with van der Waals surface area (Å²) >= 11 is 0. The first-order chi connectivity index (χ1) is 14.6. The normalized spacial score (nSPS) is 10.5. The number of benzene rings is 2. The van der Waals surface area contributed by atoms with Crippen LogP contribution in [-0.2, 0) is 0 Å². The predicted octanol–water partition coefficient (Wildman–Crippen LogP) is 3.21. The van der Waals surface area contributed by atoms with Crippen LogP contribution in [0.2, 0.25) is 0 Å². The molecule has 152 valence electrons. The van der Waals surface area contributed by atoms with Gasteiger partial charge in [-0.25, -0.2) is 5.43 Å². The average molecular weight is 406 g/mol. The Morgan fingerprint density at radius 2 is 1.73 bits per heavy atom. The van der Waals surface area contributed by atoms with Gasteiger partial charge in [0.1, 0.15) is 24.7 Å². The van der Waals surface area contributed by atoms with Gasteiger partial charge in [-0.1, -0.05) is 12.1 Å². The zero-order valence-electron chi connectivity index (χ0n) is 15.8. The Labute approximate surface area is 172 Å². The third-order valence-electron chi connectivity index (χ3n) is 3.89. The van der Waals surface area contributed by atoms with Crippen LogP contribution in [0.1, 0.15) is 15.9 Å². The Bertz CT molecular complexity index is 1020. The Hall–Kier alpha value is -4.27. The van der Waals surface area contributed by atoms with E-state index in [9.17, 15) is 14.9 Å². The second-order valence-corrected chi connectivity index (χ2v) is 5.92. The fourth-order valence-electron chi connectivity index (χ4n) is 2.42. The number of carbonyl (C=O) groups is 1. The molecular formula is C21H18N4O5. The SMILES string of the molecule is O=C(N/N=C/c1ccccc1OCCOc1ccc([N+](=O)[O-])cc1)c1ccncc1. The molecule has 3 aromatic rings. The number of nitrogens with zero attached hydrogens (tertiary/aromatic N) is 3. The van der Waals surface area contributed by atoms with Gasteiger partial charge in [0.05, 0.1) is 11.1 Å². The molecule has 0 bridgehead atoms. The van der Waals surface area contributed by atoms with Crippen molar-refractivity contribution in [1.29, 1.82) is 0 Å². The molecule has 30 heavy (non-hydrogen) atoms. The minimum Gasteiger partial charge on any atom is -0.490 e. The van der Waals surface area contributed by atoms with Crippen molar-refractivity contribution >= 4 is 17.8 Å². The summed E-state index contributed by atoms with van der Waals surface area (Å²) in [6.07, 6.45) is 4.55. The topological polar surface area (TPSA) is 116 Å². The van der Waals surface area contributed by atoms with E-state index in [4.69, 9.17) is 9.47 Å². The number of amides is 1. The van der Waals surface area contributed by atoms with E-state index in [-0.39, 0.29) is 24.8 Å². The van der Waals surface area contributed by atoms with Crippen LogP contribution in [0, 0.1) is 10.1 Å². The van der Waals surface area contributed by atoms with E-state index in [0.29, 0.717) is 22.6 Å². The van der Waals surface area contributed by atoms with Gasteiger partial charge in [0.25, 0.3) is 11.6 Å². The van der Waals surface area contributed by atoms with E-state index < -0.39 is 4.92 Å². The molecule has 1 aromatic heterocycles. The highest BCUT2D eigenvalue weighted by atomic mass is 16.6. The zero-order valence-corrected chi connectivity index (χ0v) is 15.8. The monoisotopic (exact) mass is 406 g/mol. The minimum absolute atomic E-state index is 0.00263. The molecule has 0 saturated carbocycles. The summed E-state index contributed by atoms with van der Waals surface area (Å²) in [6, 6.07) is 16.2. The Morgan fingerprint density at radius 1 is 1.03 bits per heavy atom. The number of ether oxygens (including phenoxy) is 2. The molecule has 9 nitrogen and oxygen atoms in total. The van der Waals surface area contributed by atoms with E-state index in [1.165, 1.54) is 42.9 Å². The largest absolute Gasteiger partial charge is 0.490 e. The third-order valence-corrected chi connectivity index (χ3v) is 3.89. The first-order valence-corrected chi connectivity index (χ1v) is 8.96. The second-order valence-electron chi connectivity index (χ2n) is 5.92. The molecule has 2 aromatic carbocycles. The second kappa shape index (κ2) is 10.3. The standard InChI is InChI=1S/C21H18N4O5/c26-21(16-9-11-22-12-10-16)24-23-15-17-3-1-2-4-20(17)30-14-13-29-19-7-5-18(6-8-19)25(27)28/h1-12,15H,13-14H2,(H,24,26)/b23-15+. The number of aromatic nitrogens is 1. The van der Waals surface area contributed by atoms with Gasteiger partial charge in [-0.3, -0.25) is 19.9 Å². The van der Waals surface area contributed by atoms with Crippen LogP contribution in [-0.4, -0.2) is 35.2 Å². The quantitative estimate of drug-likeness (QED) is 0.252. The van der Waals surface area contributed by atoms with Crippen molar-refractivity contribution in [1.82, 2.24) is 10.4 Å². The van der Waals surface area contributed by atoms with Crippen LogP contribution in [0.4, 0.5) is 5.69 Å². The number of nitro benzene ring substituents is 1. The number of pyridine rings is 1. The van der Waals surface area contributed by atoms with Gasteiger partial charge in [-0.2, -0.15) is 5.10 Å². The fourth-order valence-corrected chi connectivity index (χ4v) is 2.42. The molecule has 0 spiro atoms. The first-order valence-electron chi connectivity index (χ1n) is 8.96. The maximum Gasteiger partial charge on any atom is 0.271 e. The smallest absolute Gasteiger partial charge is 0.271 e. The number of nitro groups is 1. The highest BCUT2D eigenvalue weighted by Gasteiger charge is 2.06. The van der Waals surface area contributed by atoms with Crippen molar-refractivity contribution in [2.24, 2.45) is 5.10 Å². The van der Waals surface area contributed by atoms with Crippen molar-refractivity contribution in [3.05, 3.63) is 94.3 Å². The molecule has 0 aliphatic rings. The number of hydrogen-bond acceptors (Lipinski definition) is 7. The Morgan fingerprint density at radius 3 is 2.47 bits per heavy atom. The molecule has 1 N–H and O–H groups in total. The molecule has 1 heterocycles. The lowest BCUT2D eigenvalue weighted by Crippen LogP contribution is -2.17. The van der Waals surface area contributed by atoms with E-state index in [0.717, 1.165) is 0 Å². The number of hydrogen-bond donors (Lipinski definition) is 1. The molecule has 3 rings (SSSR count). The van der Waals surface area contributed by atoms with E-state index in [1.807, 2.05) is 12.1 Å². The number of para-hydroxylation sites is 1. The maximum atomic E-state index is 12.0. The molecular weight excluding hydrogens is 388 g/mol. The van der Waals surface area contributed by atoms with Gasteiger partial charge in [0.2, 0.25) is 0 Å². The van der Waals surface area contributed by atoms with Crippen LogP contribution in [0.3, 0.4) is 0 Å². The van der Waals surface area contributed by atoms with Crippen molar-refractivity contribution in [3.63, 3.8) is 0 Å². The van der Waals surface area contributed by atoms with Gasteiger partial charge in [-0.15, -0.1) is 0 Å². The molecule has 0 aliphatic carbocycles. The molecule has 0 atom stereocenters. The van der Waals surface area contributed by atoms with Crippen LogP contribution in [0.25, 0.3) is 0 Å². The number of carbonyl (C=O) groups excluding carboxylic acids is 1. The Balaban J connectivity index is 1.50. The van der Waals surface area contributed by atoms with E-state index >= 15 is 0 Å². The van der Waals surface area contributed by atoms with Gasteiger partial charge in [0, 0.05) is 35.7 Å². The summed E-state index contributed by atoms with van der Waals surface area (Å²) in [6.45, 7) is 0.507. The lowest BCUT2D eigenvalue weighted by Gasteiger charge is -2.10. The lowest BCUT2D eigenvalue weighted by atomic mass is 10.2. The summed E-state index contributed by atoms with van der Waals surface area (Å²) in [7, 11) is 0. The van der Waals surface area contributed by atoms with Crippen LogP contribution >= 0.6 is 0 Å². The van der Waals surface area contributed by atoms with Crippen molar-refractivity contribution < 1.29 is 19.2 Å². The number of non-ortho nitro benzene ring substituents is 1. The molecule has 0 fully saturated rings. The van der Waals surface area contributed by atoms with Gasteiger partial charge in [0.15, 0.2) is 0 Å². The highest BCUT2D eigenvalue weighted by Crippen LogP contribution is 2.18. The Kier molecular flexibility index (Phi) is 7.04. The van der Waals surface area contributed by atoms with Crippen LogP contribution in [0.5, 0.6) is 11.5 Å². The molecule has 0 saturated heterocycles. The molecule has 0 unspecified atom stereocenters. The lowest BCUT2D eigenvalue weighted by molar-refractivity contribution is -0.384. The van der Waals surface area contributed by atoms with Crippen molar-refractivity contribution in [3.8, 4) is 11.5 Å². The zero-order chi connectivity index (χ0) is 21.2. The van der Waals surface area contributed by atoms with Crippen LogP contribution in [0.15, 0.2) is 78.2 Å². The molecule has 9 heteroatoms. The maximum absolute atomic E-state index is 12.0.